The normalized spacial score (nSPS) is 16.8. The van der Waals surface area contributed by atoms with Gasteiger partial charge in [-0.1, -0.05) is 18.2 Å². The van der Waals surface area contributed by atoms with Crippen molar-refractivity contribution < 1.29 is 18.0 Å². The van der Waals surface area contributed by atoms with Crippen LogP contribution in [0.1, 0.15) is 31.2 Å². The van der Waals surface area contributed by atoms with Gasteiger partial charge in [-0.25, -0.2) is 13.1 Å². The van der Waals surface area contributed by atoms with E-state index in [0.717, 1.165) is 37.1 Å². The second-order valence-corrected chi connectivity index (χ2v) is 9.18. The number of anilines is 2. The van der Waals surface area contributed by atoms with Crippen LogP contribution in [0.5, 0.6) is 0 Å². The summed E-state index contributed by atoms with van der Waals surface area (Å²) in [6, 6.07) is 13.6. The zero-order valence-corrected chi connectivity index (χ0v) is 16.7. The Morgan fingerprint density at radius 1 is 1.10 bits per heavy atom. The molecule has 2 aromatic carbocycles. The first kappa shape index (κ1) is 19.6. The van der Waals surface area contributed by atoms with E-state index in [4.69, 9.17) is 0 Å². The molecule has 2 fully saturated rings. The third kappa shape index (κ3) is 4.83. The van der Waals surface area contributed by atoms with Crippen molar-refractivity contribution in [2.75, 3.05) is 16.8 Å². The van der Waals surface area contributed by atoms with Crippen LogP contribution in [0.25, 0.3) is 0 Å². The summed E-state index contributed by atoms with van der Waals surface area (Å²) in [5, 5.41) is 2.75. The summed E-state index contributed by atoms with van der Waals surface area (Å²) in [7, 11) is -3.57. The minimum Gasteiger partial charge on any atom is -0.326 e. The summed E-state index contributed by atoms with van der Waals surface area (Å²) in [5.41, 5.74) is 2.10. The summed E-state index contributed by atoms with van der Waals surface area (Å²) in [6.07, 6.45) is 3.33. The van der Waals surface area contributed by atoms with Crippen molar-refractivity contribution in [3.63, 3.8) is 0 Å². The average Bonchev–Trinajstić information content (AvgIpc) is 3.39. The van der Waals surface area contributed by atoms with E-state index in [0.29, 0.717) is 12.1 Å². The second kappa shape index (κ2) is 7.96. The lowest BCUT2D eigenvalue weighted by molar-refractivity contribution is -0.117. The quantitative estimate of drug-likeness (QED) is 0.729. The predicted octanol–water partition coefficient (Wildman–Crippen LogP) is 2.44. The van der Waals surface area contributed by atoms with Gasteiger partial charge in [0.15, 0.2) is 0 Å². The Bertz CT molecular complexity index is 1030. The van der Waals surface area contributed by atoms with Gasteiger partial charge in [0.25, 0.3) is 0 Å². The lowest BCUT2D eigenvalue weighted by Crippen LogP contribution is -2.25. The summed E-state index contributed by atoms with van der Waals surface area (Å²) in [4.78, 5) is 26.1. The van der Waals surface area contributed by atoms with Crippen molar-refractivity contribution in [2.24, 2.45) is 0 Å². The predicted molar refractivity (Wildman–Crippen MR) is 110 cm³/mol. The van der Waals surface area contributed by atoms with E-state index in [2.05, 4.69) is 10.0 Å². The standard InChI is InChI=1S/C21H23N3O4S/c25-20(13-15-6-10-18(11-7-15)24-12-2-5-21(24)26)22-17-3-1-4-19(14-17)29(27,28)23-16-8-9-16/h1,3-4,6-7,10-11,14,16,23H,2,5,8-9,12-13H2,(H,22,25). The molecule has 1 aliphatic carbocycles. The minimum atomic E-state index is -3.57. The molecular formula is C21H23N3O4S. The van der Waals surface area contributed by atoms with Crippen molar-refractivity contribution in [3.8, 4) is 0 Å². The molecule has 0 spiro atoms. The van der Waals surface area contributed by atoms with E-state index in [1.807, 2.05) is 24.3 Å². The molecule has 2 aliphatic rings. The van der Waals surface area contributed by atoms with E-state index in [-0.39, 0.29) is 29.2 Å². The van der Waals surface area contributed by atoms with E-state index >= 15 is 0 Å². The third-order valence-electron chi connectivity index (χ3n) is 5.01. The average molecular weight is 413 g/mol. The molecule has 2 aromatic rings. The fourth-order valence-electron chi connectivity index (χ4n) is 3.34. The van der Waals surface area contributed by atoms with Crippen molar-refractivity contribution in [1.82, 2.24) is 4.72 Å². The summed E-state index contributed by atoms with van der Waals surface area (Å²) in [5.74, 6) is -0.110. The number of nitrogens with zero attached hydrogens (tertiary/aromatic N) is 1. The van der Waals surface area contributed by atoms with E-state index in [1.165, 1.54) is 12.1 Å². The van der Waals surface area contributed by atoms with E-state index in [9.17, 15) is 18.0 Å². The number of benzene rings is 2. The SMILES string of the molecule is O=C(Cc1ccc(N2CCCC2=O)cc1)Nc1cccc(S(=O)(=O)NC2CC2)c1. The van der Waals surface area contributed by atoms with Crippen molar-refractivity contribution in [2.45, 2.75) is 43.0 Å². The van der Waals surface area contributed by atoms with Crippen LogP contribution in [0.3, 0.4) is 0 Å². The van der Waals surface area contributed by atoms with Crippen LogP contribution in [-0.4, -0.2) is 32.8 Å². The molecule has 7 nitrogen and oxygen atoms in total. The first-order valence-electron chi connectivity index (χ1n) is 9.72. The van der Waals surface area contributed by atoms with Crippen molar-refractivity contribution in [1.29, 1.82) is 0 Å². The van der Waals surface area contributed by atoms with Gasteiger partial charge in [-0.3, -0.25) is 9.59 Å². The van der Waals surface area contributed by atoms with Gasteiger partial charge in [-0.15, -0.1) is 0 Å². The number of hydrogen-bond acceptors (Lipinski definition) is 4. The Labute approximate surface area is 170 Å². The highest BCUT2D eigenvalue weighted by atomic mass is 32.2. The minimum absolute atomic E-state index is 0.0251. The van der Waals surface area contributed by atoms with Gasteiger partial charge in [0.05, 0.1) is 11.3 Å². The van der Waals surface area contributed by atoms with Gasteiger partial charge in [0, 0.05) is 30.4 Å². The molecule has 1 saturated carbocycles. The molecule has 4 rings (SSSR count). The molecule has 0 unspecified atom stereocenters. The monoisotopic (exact) mass is 413 g/mol. The largest absolute Gasteiger partial charge is 0.326 e. The molecule has 1 aliphatic heterocycles. The first-order valence-corrected chi connectivity index (χ1v) is 11.2. The van der Waals surface area contributed by atoms with Gasteiger partial charge in [0.1, 0.15) is 0 Å². The van der Waals surface area contributed by atoms with Crippen LogP contribution in [0.15, 0.2) is 53.4 Å². The number of amides is 2. The highest BCUT2D eigenvalue weighted by Gasteiger charge is 2.28. The van der Waals surface area contributed by atoms with Crippen LogP contribution >= 0.6 is 0 Å². The lowest BCUT2D eigenvalue weighted by Gasteiger charge is -2.16. The van der Waals surface area contributed by atoms with Crippen LogP contribution in [0.4, 0.5) is 11.4 Å². The molecule has 0 bridgehead atoms. The van der Waals surface area contributed by atoms with Crippen LogP contribution < -0.4 is 14.9 Å². The van der Waals surface area contributed by atoms with Gasteiger partial charge in [0.2, 0.25) is 21.8 Å². The topological polar surface area (TPSA) is 95.6 Å². The Balaban J connectivity index is 1.38. The lowest BCUT2D eigenvalue weighted by atomic mass is 10.1. The maximum atomic E-state index is 12.4. The molecule has 0 aromatic heterocycles. The maximum absolute atomic E-state index is 12.4. The van der Waals surface area contributed by atoms with Crippen LogP contribution in [0, 0.1) is 0 Å². The fourth-order valence-corrected chi connectivity index (χ4v) is 4.69. The highest BCUT2D eigenvalue weighted by molar-refractivity contribution is 7.89. The number of nitrogens with one attached hydrogen (secondary N) is 2. The Morgan fingerprint density at radius 2 is 1.86 bits per heavy atom. The number of sulfonamides is 1. The zero-order chi connectivity index (χ0) is 20.4. The van der Waals surface area contributed by atoms with E-state index in [1.54, 1.807) is 17.0 Å². The number of hydrogen-bond donors (Lipinski definition) is 2. The van der Waals surface area contributed by atoms with Crippen LogP contribution in [0.2, 0.25) is 0 Å². The summed E-state index contributed by atoms with van der Waals surface area (Å²) in [6.45, 7) is 0.730. The maximum Gasteiger partial charge on any atom is 0.240 e. The van der Waals surface area contributed by atoms with Gasteiger partial charge < -0.3 is 10.2 Å². The second-order valence-electron chi connectivity index (χ2n) is 7.46. The molecule has 152 valence electrons. The number of carbonyl (C=O) groups excluding carboxylic acids is 2. The molecule has 8 heteroatoms. The third-order valence-corrected chi connectivity index (χ3v) is 6.53. The Morgan fingerprint density at radius 3 is 2.52 bits per heavy atom. The molecule has 2 amide bonds. The van der Waals surface area contributed by atoms with E-state index < -0.39 is 10.0 Å². The Kier molecular flexibility index (Phi) is 5.38. The van der Waals surface area contributed by atoms with Gasteiger partial charge >= 0.3 is 0 Å². The first-order chi connectivity index (χ1) is 13.9. The zero-order valence-electron chi connectivity index (χ0n) is 15.9. The van der Waals surface area contributed by atoms with Gasteiger partial charge in [-0.05, 0) is 55.2 Å². The highest BCUT2D eigenvalue weighted by Crippen LogP contribution is 2.24. The van der Waals surface area contributed by atoms with Crippen molar-refractivity contribution >= 4 is 33.2 Å². The molecule has 0 radical (unpaired) electrons. The van der Waals surface area contributed by atoms with Crippen molar-refractivity contribution in [3.05, 3.63) is 54.1 Å². The fraction of sp³-hybridized carbons (Fsp3) is 0.333. The number of rotatable bonds is 7. The molecule has 29 heavy (non-hydrogen) atoms. The number of carbonyl (C=O) groups is 2. The van der Waals surface area contributed by atoms with Gasteiger partial charge in [-0.2, -0.15) is 0 Å². The molecule has 1 heterocycles. The smallest absolute Gasteiger partial charge is 0.240 e. The molecule has 1 saturated heterocycles. The van der Waals surface area contributed by atoms with Crippen LogP contribution in [-0.2, 0) is 26.0 Å². The molecule has 2 N–H and O–H groups in total. The summed E-state index contributed by atoms with van der Waals surface area (Å²) < 4.78 is 27.3. The molecule has 0 atom stereocenters. The molecular weight excluding hydrogens is 390 g/mol. The summed E-state index contributed by atoms with van der Waals surface area (Å²) >= 11 is 0. The Hall–Kier alpha value is -2.71.